The second-order valence-electron chi connectivity index (χ2n) is 4.32. The monoisotopic (exact) mass is 268 g/mol. The predicted octanol–water partition coefficient (Wildman–Crippen LogP) is 5.92. The summed E-state index contributed by atoms with van der Waals surface area (Å²) in [5.74, 6) is 0.609. The van der Waals surface area contributed by atoms with Gasteiger partial charge in [0, 0.05) is 5.92 Å². The fraction of sp³-hybridized carbons (Fsp3) is 0.263. The zero-order valence-electron chi connectivity index (χ0n) is 12.6. The summed E-state index contributed by atoms with van der Waals surface area (Å²) in [6.07, 6.45) is 1.94. The highest BCUT2D eigenvalue weighted by atomic mass is 16.2. The van der Waals surface area contributed by atoms with Crippen molar-refractivity contribution in [2.45, 2.75) is 33.1 Å². The molecule has 1 aliphatic carbocycles. The normalized spacial score (nSPS) is 11.2. The van der Waals surface area contributed by atoms with Crippen LogP contribution in [-0.4, -0.2) is 5.11 Å². The number of aliphatic hydroxyl groups is 1. The summed E-state index contributed by atoms with van der Waals surface area (Å²) < 4.78 is 0. The van der Waals surface area contributed by atoms with Gasteiger partial charge in [-0.1, -0.05) is 75.9 Å². The van der Waals surface area contributed by atoms with Crippen LogP contribution in [-0.2, 0) is 0 Å². The molecule has 0 heterocycles. The van der Waals surface area contributed by atoms with E-state index < -0.39 is 0 Å². The van der Waals surface area contributed by atoms with Crippen LogP contribution in [0.3, 0.4) is 0 Å². The molecule has 0 saturated carbocycles. The van der Waals surface area contributed by atoms with Crippen molar-refractivity contribution in [3.8, 4) is 11.1 Å². The standard InChI is InChI=1S/C15H14.C2H4O.C2H6/c1-2-11-12-7-3-5-9-14(12)15-10-6-4-8-13(11)15;1-2-3;1-2/h3-11H,2H2,1H3;2-3H,1H2;1-2H3. The van der Waals surface area contributed by atoms with E-state index in [1.165, 1.54) is 28.7 Å². The number of fused-ring (bicyclic) bond motifs is 3. The minimum absolute atomic E-state index is 0.609. The number of aliphatic hydroxyl groups excluding tert-OH is 1. The molecule has 106 valence electrons. The average Bonchev–Trinajstić information content (AvgIpc) is 2.84. The minimum atomic E-state index is 0.609. The zero-order chi connectivity index (χ0) is 15.0. The van der Waals surface area contributed by atoms with Gasteiger partial charge >= 0.3 is 0 Å². The van der Waals surface area contributed by atoms with Crippen molar-refractivity contribution < 1.29 is 5.11 Å². The molecule has 1 N–H and O–H groups in total. The summed E-state index contributed by atoms with van der Waals surface area (Å²) in [6.45, 7) is 9.18. The first-order valence-corrected chi connectivity index (χ1v) is 7.26. The molecule has 0 fully saturated rings. The number of benzene rings is 2. The van der Waals surface area contributed by atoms with Gasteiger partial charge < -0.3 is 5.11 Å². The van der Waals surface area contributed by atoms with Crippen molar-refractivity contribution in [1.82, 2.24) is 0 Å². The first-order chi connectivity index (χ1) is 9.83. The molecule has 0 amide bonds. The predicted molar refractivity (Wildman–Crippen MR) is 88.2 cm³/mol. The molecule has 2 aromatic carbocycles. The second kappa shape index (κ2) is 8.21. The van der Waals surface area contributed by atoms with E-state index in [-0.39, 0.29) is 0 Å². The van der Waals surface area contributed by atoms with E-state index in [4.69, 9.17) is 5.11 Å². The van der Waals surface area contributed by atoms with Crippen LogP contribution in [0.25, 0.3) is 11.1 Å². The Hall–Kier alpha value is -2.02. The summed E-state index contributed by atoms with van der Waals surface area (Å²) >= 11 is 0. The van der Waals surface area contributed by atoms with Crippen molar-refractivity contribution in [2.24, 2.45) is 0 Å². The van der Waals surface area contributed by atoms with Crippen LogP contribution in [0.2, 0.25) is 0 Å². The van der Waals surface area contributed by atoms with Crippen LogP contribution in [0.4, 0.5) is 0 Å². The highest BCUT2D eigenvalue weighted by Gasteiger charge is 2.25. The molecular formula is C19H24O. The van der Waals surface area contributed by atoms with Gasteiger partial charge in [-0.15, -0.1) is 0 Å². The van der Waals surface area contributed by atoms with Gasteiger partial charge in [0.25, 0.3) is 0 Å². The molecule has 1 aliphatic rings. The molecule has 0 saturated heterocycles. The van der Waals surface area contributed by atoms with Crippen LogP contribution >= 0.6 is 0 Å². The largest absolute Gasteiger partial charge is 0.516 e. The molecule has 2 aromatic rings. The first kappa shape index (κ1) is 16.0. The van der Waals surface area contributed by atoms with Gasteiger partial charge in [0.2, 0.25) is 0 Å². The third-order valence-corrected chi connectivity index (χ3v) is 3.37. The number of hydrogen-bond donors (Lipinski definition) is 1. The molecule has 1 heteroatoms. The second-order valence-corrected chi connectivity index (χ2v) is 4.32. The van der Waals surface area contributed by atoms with Crippen molar-refractivity contribution >= 4 is 0 Å². The molecule has 20 heavy (non-hydrogen) atoms. The van der Waals surface area contributed by atoms with E-state index in [2.05, 4.69) is 62.0 Å². The minimum Gasteiger partial charge on any atom is -0.516 e. The van der Waals surface area contributed by atoms with E-state index in [0.29, 0.717) is 5.92 Å². The van der Waals surface area contributed by atoms with Gasteiger partial charge in [0.05, 0.1) is 6.26 Å². The van der Waals surface area contributed by atoms with Crippen LogP contribution in [0.15, 0.2) is 61.4 Å². The molecule has 0 radical (unpaired) electrons. The van der Waals surface area contributed by atoms with E-state index in [9.17, 15) is 0 Å². The molecule has 0 atom stereocenters. The lowest BCUT2D eigenvalue weighted by atomic mass is 9.95. The van der Waals surface area contributed by atoms with Gasteiger partial charge in [-0.2, -0.15) is 0 Å². The molecule has 0 aliphatic heterocycles. The van der Waals surface area contributed by atoms with Crippen LogP contribution in [0, 0.1) is 0 Å². The summed E-state index contributed by atoms with van der Waals surface area (Å²) in [7, 11) is 0. The molecule has 1 nitrogen and oxygen atoms in total. The molecule has 0 aromatic heterocycles. The molecular weight excluding hydrogens is 244 g/mol. The van der Waals surface area contributed by atoms with Crippen molar-refractivity contribution in [2.75, 3.05) is 0 Å². The quantitative estimate of drug-likeness (QED) is 0.636. The third-order valence-electron chi connectivity index (χ3n) is 3.37. The van der Waals surface area contributed by atoms with E-state index in [1.807, 2.05) is 13.8 Å². The first-order valence-electron chi connectivity index (χ1n) is 7.26. The summed E-state index contributed by atoms with van der Waals surface area (Å²) in [6, 6.07) is 17.6. The SMILES string of the molecule is C=CO.CC.CCC1c2ccccc2-c2ccccc21. The molecule has 3 rings (SSSR count). The van der Waals surface area contributed by atoms with Gasteiger partial charge in [0.15, 0.2) is 0 Å². The van der Waals surface area contributed by atoms with Crippen molar-refractivity contribution in [1.29, 1.82) is 0 Å². The summed E-state index contributed by atoms with van der Waals surface area (Å²) in [4.78, 5) is 0. The molecule has 0 unspecified atom stereocenters. The lowest BCUT2D eigenvalue weighted by molar-refractivity contribution is 0.476. The van der Waals surface area contributed by atoms with Gasteiger partial charge in [-0.05, 0) is 28.7 Å². The molecule has 0 bridgehead atoms. The number of hydrogen-bond acceptors (Lipinski definition) is 1. The fourth-order valence-corrected chi connectivity index (χ4v) is 2.70. The fourth-order valence-electron chi connectivity index (χ4n) is 2.70. The third kappa shape index (κ3) is 3.11. The van der Waals surface area contributed by atoms with Gasteiger partial charge in [-0.25, -0.2) is 0 Å². The highest BCUT2D eigenvalue weighted by Crippen LogP contribution is 2.45. The zero-order valence-corrected chi connectivity index (χ0v) is 12.6. The summed E-state index contributed by atoms with van der Waals surface area (Å²) in [5.41, 5.74) is 5.86. The lowest BCUT2D eigenvalue weighted by Gasteiger charge is -2.09. The average molecular weight is 268 g/mol. The molecule has 0 spiro atoms. The maximum atomic E-state index is 7.33. The maximum absolute atomic E-state index is 7.33. The van der Waals surface area contributed by atoms with Crippen molar-refractivity contribution in [3.63, 3.8) is 0 Å². The van der Waals surface area contributed by atoms with E-state index in [1.54, 1.807) is 0 Å². The summed E-state index contributed by atoms with van der Waals surface area (Å²) in [5, 5.41) is 7.33. The Labute approximate surface area is 122 Å². The Kier molecular flexibility index (Phi) is 6.58. The maximum Gasteiger partial charge on any atom is 0.0719 e. The highest BCUT2D eigenvalue weighted by molar-refractivity contribution is 5.78. The smallest absolute Gasteiger partial charge is 0.0719 e. The van der Waals surface area contributed by atoms with Crippen molar-refractivity contribution in [3.05, 3.63) is 72.5 Å². The number of rotatable bonds is 1. The Balaban J connectivity index is 0.000000357. The Morgan fingerprint density at radius 2 is 1.30 bits per heavy atom. The topological polar surface area (TPSA) is 20.2 Å². The lowest BCUT2D eigenvalue weighted by Crippen LogP contribution is -1.93. The Morgan fingerprint density at radius 1 is 0.950 bits per heavy atom. The Bertz CT molecular complexity index is 497. The van der Waals surface area contributed by atoms with E-state index in [0.717, 1.165) is 6.26 Å². The van der Waals surface area contributed by atoms with Crippen LogP contribution in [0.5, 0.6) is 0 Å². The van der Waals surface area contributed by atoms with Crippen LogP contribution in [0.1, 0.15) is 44.2 Å². The Morgan fingerprint density at radius 3 is 1.65 bits per heavy atom. The van der Waals surface area contributed by atoms with Crippen LogP contribution < -0.4 is 0 Å². The van der Waals surface area contributed by atoms with E-state index >= 15 is 0 Å². The van der Waals surface area contributed by atoms with Gasteiger partial charge in [-0.3, -0.25) is 0 Å². The van der Waals surface area contributed by atoms with Gasteiger partial charge in [0.1, 0.15) is 0 Å².